The predicted molar refractivity (Wildman–Crippen MR) is 104 cm³/mol. The van der Waals surface area contributed by atoms with E-state index in [9.17, 15) is 14.4 Å². The molecule has 0 unspecified atom stereocenters. The second kappa shape index (κ2) is 9.73. The lowest BCUT2D eigenvalue weighted by atomic mass is 10.1. The molecule has 0 fully saturated rings. The minimum atomic E-state index is -0.393. The molecule has 0 spiro atoms. The average Bonchev–Trinajstić information content (AvgIpc) is 2.65. The van der Waals surface area contributed by atoms with Crippen molar-refractivity contribution in [3.8, 4) is 0 Å². The number of amides is 2. The van der Waals surface area contributed by atoms with E-state index in [0.717, 1.165) is 5.56 Å². The van der Waals surface area contributed by atoms with E-state index >= 15 is 0 Å². The summed E-state index contributed by atoms with van der Waals surface area (Å²) >= 11 is 5.91. The van der Waals surface area contributed by atoms with Gasteiger partial charge < -0.3 is 15.0 Å². The van der Waals surface area contributed by atoms with E-state index in [4.69, 9.17) is 11.6 Å². The summed E-state index contributed by atoms with van der Waals surface area (Å²) in [5.74, 6) is -0.861. The highest BCUT2D eigenvalue weighted by molar-refractivity contribution is 6.30. The van der Waals surface area contributed by atoms with Gasteiger partial charge >= 0.3 is 5.97 Å². The Kier molecular flexibility index (Phi) is 7.37. The second-order valence-electron chi connectivity index (χ2n) is 5.94. The fourth-order valence-electron chi connectivity index (χ4n) is 2.51. The Morgan fingerprint density at radius 1 is 1.11 bits per heavy atom. The summed E-state index contributed by atoms with van der Waals surface area (Å²) in [4.78, 5) is 37.3. The van der Waals surface area contributed by atoms with Gasteiger partial charge in [0.15, 0.2) is 0 Å². The average molecular weight is 389 g/mol. The lowest BCUT2D eigenvalue weighted by molar-refractivity contribution is -0.140. The van der Waals surface area contributed by atoms with E-state index < -0.39 is 5.97 Å². The van der Waals surface area contributed by atoms with E-state index in [2.05, 4.69) is 10.1 Å². The molecule has 0 saturated carbocycles. The van der Waals surface area contributed by atoms with Gasteiger partial charge in [0.25, 0.3) is 5.91 Å². The van der Waals surface area contributed by atoms with Gasteiger partial charge in [-0.1, -0.05) is 29.8 Å². The van der Waals surface area contributed by atoms with E-state index in [0.29, 0.717) is 22.8 Å². The molecule has 7 heteroatoms. The molecule has 2 aromatic rings. The second-order valence-corrected chi connectivity index (χ2v) is 6.38. The van der Waals surface area contributed by atoms with Crippen LogP contribution >= 0.6 is 11.6 Å². The molecule has 0 aliphatic carbocycles. The Bertz CT molecular complexity index is 821. The molecular weight excluding hydrogens is 368 g/mol. The summed E-state index contributed by atoms with van der Waals surface area (Å²) in [6.45, 7) is 1.92. The molecule has 0 atom stereocenters. The van der Waals surface area contributed by atoms with Gasteiger partial charge in [-0.05, 0) is 35.9 Å². The van der Waals surface area contributed by atoms with Crippen molar-refractivity contribution in [2.24, 2.45) is 0 Å². The Morgan fingerprint density at radius 2 is 1.81 bits per heavy atom. The summed E-state index contributed by atoms with van der Waals surface area (Å²) in [5, 5.41) is 3.26. The van der Waals surface area contributed by atoms with Crippen molar-refractivity contribution in [3.63, 3.8) is 0 Å². The number of ether oxygens (including phenoxy) is 1. The van der Waals surface area contributed by atoms with Crippen LogP contribution in [0, 0.1) is 0 Å². The first kappa shape index (κ1) is 20.5. The summed E-state index contributed by atoms with van der Waals surface area (Å²) in [7, 11) is 1.31. The maximum atomic E-state index is 13.0. The summed E-state index contributed by atoms with van der Waals surface area (Å²) in [6.07, 6.45) is 0.0845. The van der Waals surface area contributed by atoms with Crippen LogP contribution in [-0.4, -0.2) is 36.3 Å². The summed E-state index contributed by atoms with van der Waals surface area (Å²) < 4.78 is 4.67. The van der Waals surface area contributed by atoms with Crippen LogP contribution in [-0.2, 0) is 20.9 Å². The van der Waals surface area contributed by atoms with Crippen LogP contribution in [0.2, 0.25) is 5.02 Å². The lowest BCUT2D eigenvalue weighted by Gasteiger charge is -2.23. The van der Waals surface area contributed by atoms with Gasteiger partial charge in [-0.25, -0.2) is 0 Å². The molecule has 2 rings (SSSR count). The molecule has 2 amide bonds. The predicted octanol–water partition coefficient (Wildman–Crippen LogP) is 3.50. The molecule has 0 heterocycles. The topological polar surface area (TPSA) is 75.7 Å². The summed E-state index contributed by atoms with van der Waals surface area (Å²) in [5.41, 5.74) is 1.84. The van der Waals surface area contributed by atoms with E-state index in [1.165, 1.54) is 14.0 Å². The van der Waals surface area contributed by atoms with E-state index in [1.807, 2.05) is 12.1 Å². The number of nitrogens with zero attached hydrogens (tertiary/aromatic N) is 1. The standard InChI is InChI=1S/C20H21ClN2O4/c1-14(24)22-18-5-3-4-16(12-18)20(26)23(11-10-19(25)27-2)13-15-6-8-17(21)9-7-15/h3-9,12H,10-11,13H2,1-2H3,(H,22,24). The first-order valence-corrected chi connectivity index (χ1v) is 8.75. The third kappa shape index (κ3) is 6.42. The third-order valence-corrected chi connectivity index (χ3v) is 4.07. The zero-order valence-electron chi connectivity index (χ0n) is 15.2. The molecule has 142 valence electrons. The van der Waals surface area contributed by atoms with Gasteiger partial charge in [0.2, 0.25) is 5.91 Å². The zero-order chi connectivity index (χ0) is 19.8. The number of hydrogen-bond acceptors (Lipinski definition) is 4. The van der Waals surface area contributed by atoms with Crippen LogP contribution in [0.4, 0.5) is 5.69 Å². The van der Waals surface area contributed by atoms with Crippen molar-refractivity contribution >= 4 is 35.1 Å². The number of anilines is 1. The molecule has 0 aromatic heterocycles. The minimum absolute atomic E-state index is 0.0845. The number of halogens is 1. The van der Waals surface area contributed by atoms with Crippen LogP contribution < -0.4 is 5.32 Å². The van der Waals surface area contributed by atoms with Gasteiger partial charge in [0, 0.05) is 36.3 Å². The number of carbonyl (C=O) groups excluding carboxylic acids is 3. The van der Waals surface area contributed by atoms with Gasteiger partial charge in [-0.3, -0.25) is 14.4 Å². The highest BCUT2D eigenvalue weighted by atomic mass is 35.5. The third-order valence-electron chi connectivity index (χ3n) is 3.82. The van der Waals surface area contributed by atoms with E-state index in [1.54, 1.807) is 41.3 Å². The van der Waals surface area contributed by atoms with Crippen LogP contribution in [0.5, 0.6) is 0 Å². The van der Waals surface area contributed by atoms with Crippen LogP contribution in [0.1, 0.15) is 29.3 Å². The first-order chi connectivity index (χ1) is 12.9. The number of nitrogens with one attached hydrogen (secondary N) is 1. The fraction of sp³-hybridized carbons (Fsp3) is 0.250. The quantitative estimate of drug-likeness (QED) is 0.736. The Labute approximate surface area is 163 Å². The van der Waals surface area contributed by atoms with Gasteiger partial charge in [-0.2, -0.15) is 0 Å². The van der Waals surface area contributed by atoms with Gasteiger partial charge in [0.05, 0.1) is 13.5 Å². The molecule has 27 heavy (non-hydrogen) atoms. The molecular formula is C20H21ClN2O4. The molecule has 0 aliphatic rings. The van der Waals surface area contributed by atoms with Crippen LogP contribution in [0.3, 0.4) is 0 Å². The van der Waals surface area contributed by atoms with Crippen molar-refractivity contribution in [2.45, 2.75) is 19.9 Å². The maximum absolute atomic E-state index is 13.0. The first-order valence-electron chi connectivity index (χ1n) is 8.37. The Balaban J connectivity index is 2.22. The smallest absolute Gasteiger partial charge is 0.307 e. The fourth-order valence-corrected chi connectivity index (χ4v) is 2.63. The number of hydrogen-bond donors (Lipinski definition) is 1. The largest absolute Gasteiger partial charge is 0.469 e. The Hall–Kier alpha value is -2.86. The number of esters is 1. The highest BCUT2D eigenvalue weighted by Crippen LogP contribution is 2.17. The van der Waals surface area contributed by atoms with Crippen molar-refractivity contribution in [1.29, 1.82) is 0 Å². The number of benzene rings is 2. The van der Waals surface area contributed by atoms with Crippen molar-refractivity contribution in [3.05, 3.63) is 64.7 Å². The lowest BCUT2D eigenvalue weighted by Crippen LogP contribution is -2.32. The van der Waals surface area contributed by atoms with Crippen molar-refractivity contribution < 1.29 is 19.1 Å². The number of carbonyl (C=O) groups is 3. The van der Waals surface area contributed by atoms with Crippen molar-refractivity contribution in [1.82, 2.24) is 4.90 Å². The maximum Gasteiger partial charge on any atom is 0.307 e. The summed E-state index contributed by atoms with van der Waals surface area (Å²) in [6, 6.07) is 13.8. The SMILES string of the molecule is COC(=O)CCN(Cc1ccc(Cl)cc1)C(=O)c1cccc(NC(C)=O)c1. The van der Waals surface area contributed by atoms with Gasteiger partial charge in [0.1, 0.15) is 0 Å². The monoisotopic (exact) mass is 388 g/mol. The van der Waals surface area contributed by atoms with Crippen LogP contribution in [0.15, 0.2) is 48.5 Å². The Morgan fingerprint density at radius 3 is 2.44 bits per heavy atom. The van der Waals surface area contributed by atoms with E-state index in [-0.39, 0.29) is 24.8 Å². The molecule has 0 radical (unpaired) electrons. The molecule has 0 aliphatic heterocycles. The molecule has 2 aromatic carbocycles. The normalized spacial score (nSPS) is 10.2. The zero-order valence-corrected chi connectivity index (χ0v) is 16.0. The number of methoxy groups -OCH3 is 1. The van der Waals surface area contributed by atoms with Crippen molar-refractivity contribution in [2.75, 3.05) is 19.0 Å². The molecule has 1 N–H and O–H groups in total. The highest BCUT2D eigenvalue weighted by Gasteiger charge is 2.18. The van der Waals surface area contributed by atoms with Crippen LogP contribution in [0.25, 0.3) is 0 Å². The minimum Gasteiger partial charge on any atom is -0.469 e. The molecule has 0 bridgehead atoms. The molecule has 6 nitrogen and oxygen atoms in total. The molecule has 0 saturated heterocycles. The number of rotatable bonds is 7. The van der Waals surface area contributed by atoms with Gasteiger partial charge in [-0.15, -0.1) is 0 Å².